The molecule has 2 aliphatic rings. The summed E-state index contributed by atoms with van der Waals surface area (Å²) in [6.45, 7) is 1.94. The van der Waals surface area contributed by atoms with Crippen LogP contribution in [-0.2, 0) is 4.79 Å². The molecule has 0 saturated carbocycles. The van der Waals surface area contributed by atoms with E-state index in [1.807, 2.05) is 0 Å². The van der Waals surface area contributed by atoms with Gasteiger partial charge in [0, 0.05) is 13.1 Å². The van der Waals surface area contributed by atoms with Crippen LogP contribution in [0.3, 0.4) is 0 Å². The molecule has 0 aromatic rings. The van der Waals surface area contributed by atoms with Gasteiger partial charge in [-0.15, -0.1) is 16.7 Å². The van der Waals surface area contributed by atoms with Crippen LogP contribution in [0.4, 0.5) is 0 Å². The summed E-state index contributed by atoms with van der Waals surface area (Å²) in [7, 11) is 0. The number of likely N-dealkylation sites (tertiary alicyclic amines) is 1. The number of alkyl halides is 1. The maximum atomic E-state index is 11.1. The average molecular weight is 200 g/mol. The van der Waals surface area contributed by atoms with Crippen LogP contribution in [-0.4, -0.2) is 29.3 Å². The largest absolute Gasteiger partial charge is 0.372 e. The Labute approximate surface area is 81.3 Å². The van der Waals surface area contributed by atoms with Gasteiger partial charge in [-0.2, -0.15) is 5.11 Å². The third-order valence-electron chi connectivity index (χ3n) is 2.29. The molecule has 70 valence electrons. The highest BCUT2D eigenvalue weighted by Crippen LogP contribution is 2.24. The first-order valence-electron chi connectivity index (χ1n) is 4.33. The molecular formula is C8H10ClN3O. The van der Waals surface area contributed by atoms with E-state index in [0.717, 1.165) is 31.6 Å². The average Bonchev–Trinajstić information content (AvgIpc) is 2.62. The quantitative estimate of drug-likeness (QED) is 0.601. The zero-order chi connectivity index (χ0) is 9.26. The predicted molar refractivity (Wildman–Crippen MR) is 48.4 cm³/mol. The molecule has 5 heteroatoms. The van der Waals surface area contributed by atoms with Gasteiger partial charge in [0.25, 0.3) is 5.91 Å². The second-order valence-corrected chi connectivity index (χ2v) is 3.60. The lowest BCUT2D eigenvalue weighted by Gasteiger charge is -2.23. The fourth-order valence-electron chi connectivity index (χ4n) is 1.60. The monoisotopic (exact) mass is 199 g/mol. The lowest BCUT2D eigenvalue weighted by molar-refractivity contribution is -0.117. The molecule has 0 aromatic heterocycles. The summed E-state index contributed by atoms with van der Waals surface area (Å²) in [6.07, 6.45) is 3.91. The van der Waals surface area contributed by atoms with Crippen molar-refractivity contribution in [3.05, 3.63) is 11.9 Å². The van der Waals surface area contributed by atoms with Crippen molar-refractivity contribution in [2.45, 2.75) is 18.2 Å². The first-order chi connectivity index (χ1) is 6.29. The number of halogens is 1. The number of amides is 1. The van der Waals surface area contributed by atoms with Crippen LogP contribution in [0.25, 0.3) is 0 Å². The van der Waals surface area contributed by atoms with E-state index in [4.69, 9.17) is 11.6 Å². The third kappa shape index (κ3) is 1.58. The van der Waals surface area contributed by atoms with Crippen LogP contribution in [0.2, 0.25) is 0 Å². The van der Waals surface area contributed by atoms with Crippen molar-refractivity contribution < 1.29 is 4.79 Å². The van der Waals surface area contributed by atoms with Crippen molar-refractivity contribution in [2.75, 3.05) is 13.1 Å². The maximum absolute atomic E-state index is 11.1. The van der Waals surface area contributed by atoms with Gasteiger partial charge in [0.2, 0.25) is 0 Å². The number of rotatable bonds is 1. The molecule has 1 saturated heterocycles. The highest BCUT2D eigenvalue weighted by Gasteiger charge is 2.28. The van der Waals surface area contributed by atoms with Gasteiger partial charge in [0.15, 0.2) is 5.38 Å². The maximum Gasteiger partial charge on any atom is 0.288 e. The number of carbonyl (C=O) groups excluding carboxylic acids is 1. The molecule has 13 heavy (non-hydrogen) atoms. The summed E-state index contributed by atoms with van der Waals surface area (Å²) in [4.78, 5) is 13.2. The van der Waals surface area contributed by atoms with Crippen molar-refractivity contribution in [2.24, 2.45) is 10.2 Å². The molecule has 0 bridgehead atoms. The van der Waals surface area contributed by atoms with Gasteiger partial charge in [-0.3, -0.25) is 4.79 Å². The Kier molecular flexibility index (Phi) is 2.31. The first-order valence-corrected chi connectivity index (χ1v) is 4.76. The number of hydrogen-bond donors (Lipinski definition) is 0. The van der Waals surface area contributed by atoms with Crippen molar-refractivity contribution in [1.29, 1.82) is 0 Å². The van der Waals surface area contributed by atoms with Gasteiger partial charge in [-0.05, 0) is 12.8 Å². The van der Waals surface area contributed by atoms with Gasteiger partial charge >= 0.3 is 0 Å². The Morgan fingerprint density at radius 3 is 2.85 bits per heavy atom. The molecule has 0 N–H and O–H groups in total. The summed E-state index contributed by atoms with van der Waals surface area (Å²) < 4.78 is 0. The number of nitrogens with zero attached hydrogens (tertiary/aromatic N) is 3. The first kappa shape index (κ1) is 8.69. The lowest BCUT2D eigenvalue weighted by atomic mass is 10.2. The number of azo groups is 1. The molecule has 1 unspecified atom stereocenters. The summed E-state index contributed by atoms with van der Waals surface area (Å²) >= 11 is 5.90. The summed E-state index contributed by atoms with van der Waals surface area (Å²) in [5, 5.41) is 6.38. The van der Waals surface area contributed by atoms with E-state index in [2.05, 4.69) is 15.1 Å². The Balaban J connectivity index is 2.16. The second-order valence-electron chi connectivity index (χ2n) is 3.16. The van der Waals surface area contributed by atoms with E-state index < -0.39 is 5.38 Å². The van der Waals surface area contributed by atoms with E-state index >= 15 is 0 Å². The SMILES string of the molecule is O=C1N=NC=C(N2CCCC2)C1Cl. The fraction of sp³-hybridized carbons (Fsp3) is 0.625. The Morgan fingerprint density at radius 2 is 2.15 bits per heavy atom. The van der Waals surface area contributed by atoms with E-state index in [1.54, 1.807) is 6.20 Å². The summed E-state index contributed by atoms with van der Waals surface area (Å²) in [6, 6.07) is 0. The highest BCUT2D eigenvalue weighted by atomic mass is 35.5. The topological polar surface area (TPSA) is 45.0 Å². The Morgan fingerprint density at radius 1 is 1.46 bits per heavy atom. The van der Waals surface area contributed by atoms with E-state index in [9.17, 15) is 4.79 Å². The molecule has 1 amide bonds. The molecular weight excluding hydrogens is 190 g/mol. The molecule has 1 atom stereocenters. The van der Waals surface area contributed by atoms with Crippen LogP contribution in [0.5, 0.6) is 0 Å². The Hall–Kier alpha value is -0.900. The van der Waals surface area contributed by atoms with Gasteiger partial charge in [0.1, 0.15) is 0 Å². The van der Waals surface area contributed by atoms with Crippen molar-refractivity contribution >= 4 is 17.5 Å². The number of hydrogen-bond acceptors (Lipinski definition) is 3. The minimum Gasteiger partial charge on any atom is -0.372 e. The molecule has 2 rings (SSSR count). The van der Waals surface area contributed by atoms with Crippen LogP contribution in [0, 0.1) is 0 Å². The minimum absolute atomic E-state index is 0.355. The molecule has 0 aromatic carbocycles. The van der Waals surface area contributed by atoms with Crippen molar-refractivity contribution in [3.63, 3.8) is 0 Å². The van der Waals surface area contributed by atoms with Crippen LogP contribution < -0.4 is 0 Å². The molecule has 0 aliphatic carbocycles. The number of carbonyl (C=O) groups is 1. The van der Waals surface area contributed by atoms with E-state index in [1.165, 1.54) is 0 Å². The van der Waals surface area contributed by atoms with Crippen molar-refractivity contribution in [1.82, 2.24) is 4.90 Å². The normalized spacial score (nSPS) is 28.1. The summed E-state index contributed by atoms with van der Waals surface area (Å²) in [5.74, 6) is -0.355. The van der Waals surface area contributed by atoms with Crippen LogP contribution >= 0.6 is 11.6 Å². The van der Waals surface area contributed by atoms with E-state index in [-0.39, 0.29) is 5.91 Å². The van der Waals surface area contributed by atoms with E-state index in [0.29, 0.717) is 0 Å². The second kappa shape index (κ2) is 3.46. The standard InChI is InChI=1S/C8H10ClN3O/c9-7-6(5-10-11-8(7)13)12-3-1-2-4-12/h5,7H,1-4H2. The van der Waals surface area contributed by atoms with Crippen LogP contribution in [0.1, 0.15) is 12.8 Å². The van der Waals surface area contributed by atoms with Gasteiger partial charge in [-0.25, -0.2) is 0 Å². The molecule has 0 radical (unpaired) electrons. The van der Waals surface area contributed by atoms with Crippen molar-refractivity contribution in [3.8, 4) is 0 Å². The molecule has 4 nitrogen and oxygen atoms in total. The zero-order valence-corrected chi connectivity index (χ0v) is 7.87. The molecule has 2 aliphatic heterocycles. The molecule has 2 heterocycles. The van der Waals surface area contributed by atoms with Gasteiger partial charge < -0.3 is 4.90 Å². The van der Waals surface area contributed by atoms with Gasteiger partial charge in [0.05, 0.1) is 11.9 Å². The smallest absolute Gasteiger partial charge is 0.288 e. The predicted octanol–water partition coefficient (Wildman–Crippen LogP) is 1.52. The fourth-order valence-corrected chi connectivity index (χ4v) is 1.84. The Bertz CT molecular complexity index is 281. The zero-order valence-electron chi connectivity index (χ0n) is 7.11. The lowest BCUT2D eigenvalue weighted by Crippen LogP contribution is -2.30. The minimum atomic E-state index is -0.629. The summed E-state index contributed by atoms with van der Waals surface area (Å²) in [5.41, 5.74) is 0.805. The third-order valence-corrected chi connectivity index (χ3v) is 2.70. The molecule has 1 fully saturated rings. The molecule has 0 spiro atoms. The van der Waals surface area contributed by atoms with Crippen LogP contribution in [0.15, 0.2) is 22.1 Å². The van der Waals surface area contributed by atoms with Gasteiger partial charge in [-0.1, -0.05) is 0 Å². The highest BCUT2D eigenvalue weighted by molar-refractivity contribution is 6.33.